The van der Waals surface area contributed by atoms with Crippen LogP contribution in [0.25, 0.3) is 16.9 Å². The number of para-hydroxylation sites is 1. The molecule has 0 aliphatic carbocycles. The highest BCUT2D eigenvalue weighted by Gasteiger charge is 2.21. The summed E-state index contributed by atoms with van der Waals surface area (Å²) in [5.41, 5.74) is 4.10. The van der Waals surface area contributed by atoms with Gasteiger partial charge < -0.3 is 15.0 Å². The fourth-order valence-electron chi connectivity index (χ4n) is 3.77. The molecule has 6 heteroatoms. The van der Waals surface area contributed by atoms with E-state index in [0.717, 1.165) is 22.6 Å². The van der Waals surface area contributed by atoms with E-state index >= 15 is 0 Å². The zero-order chi connectivity index (χ0) is 23.2. The molecule has 33 heavy (non-hydrogen) atoms. The van der Waals surface area contributed by atoms with Gasteiger partial charge in [0.05, 0.1) is 24.4 Å². The summed E-state index contributed by atoms with van der Waals surface area (Å²) in [6.07, 6.45) is 1.80. The van der Waals surface area contributed by atoms with E-state index in [4.69, 9.17) is 9.84 Å². The van der Waals surface area contributed by atoms with E-state index in [1.165, 1.54) is 0 Å². The standard InChI is InChI=1S/C27H28N4O2/c1-30(2)25(20-14-16-23(33-3)17-15-20)18-28-27(32)24-19-31(22-12-8-5-9-13-22)29-26(24)21-10-6-4-7-11-21/h4-17,19,25H,18H2,1-3H3,(H,28,32). The van der Waals surface area contributed by atoms with Crippen LogP contribution in [-0.2, 0) is 0 Å². The van der Waals surface area contributed by atoms with E-state index in [1.54, 1.807) is 18.0 Å². The Morgan fingerprint density at radius 2 is 1.61 bits per heavy atom. The molecule has 0 fully saturated rings. The number of nitrogens with one attached hydrogen (secondary N) is 1. The number of hydrogen-bond donors (Lipinski definition) is 1. The fraction of sp³-hybridized carbons (Fsp3) is 0.185. The van der Waals surface area contributed by atoms with E-state index < -0.39 is 0 Å². The first-order valence-corrected chi connectivity index (χ1v) is 10.9. The summed E-state index contributed by atoms with van der Waals surface area (Å²) in [7, 11) is 5.66. The molecular weight excluding hydrogens is 412 g/mol. The Balaban J connectivity index is 1.60. The highest BCUT2D eigenvalue weighted by molar-refractivity contribution is 6.00. The summed E-state index contributed by atoms with van der Waals surface area (Å²) in [6, 6.07) is 27.5. The van der Waals surface area contributed by atoms with Crippen LogP contribution in [0.15, 0.2) is 91.1 Å². The van der Waals surface area contributed by atoms with Gasteiger partial charge in [-0.2, -0.15) is 5.10 Å². The summed E-state index contributed by atoms with van der Waals surface area (Å²) in [6.45, 7) is 0.461. The van der Waals surface area contributed by atoms with E-state index in [1.807, 2.05) is 99.0 Å². The fourth-order valence-corrected chi connectivity index (χ4v) is 3.77. The Labute approximate surface area is 194 Å². The quantitative estimate of drug-likeness (QED) is 0.436. The topological polar surface area (TPSA) is 59.4 Å². The molecule has 3 aromatic carbocycles. The number of nitrogens with zero attached hydrogens (tertiary/aromatic N) is 3. The maximum absolute atomic E-state index is 13.3. The molecule has 0 aliphatic rings. The van der Waals surface area contributed by atoms with E-state index in [2.05, 4.69) is 10.2 Å². The number of aromatic nitrogens is 2. The molecule has 1 unspecified atom stereocenters. The Bertz CT molecular complexity index is 1190. The summed E-state index contributed by atoms with van der Waals surface area (Å²) in [5, 5.41) is 7.86. The third-order valence-electron chi connectivity index (χ3n) is 5.61. The first-order valence-electron chi connectivity index (χ1n) is 10.9. The van der Waals surface area contributed by atoms with Crippen molar-refractivity contribution in [3.05, 3.63) is 102 Å². The average Bonchev–Trinajstić information content (AvgIpc) is 3.31. The zero-order valence-corrected chi connectivity index (χ0v) is 19.1. The van der Waals surface area contributed by atoms with Crippen LogP contribution in [0.5, 0.6) is 5.75 Å². The zero-order valence-electron chi connectivity index (χ0n) is 19.1. The highest BCUT2D eigenvalue weighted by atomic mass is 16.5. The van der Waals surface area contributed by atoms with Gasteiger partial charge in [-0.25, -0.2) is 4.68 Å². The van der Waals surface area contributed by atoms with Crippen molar-refractivity contribution in [1.82, 2.24) is 20.0 Å². The third-order valence-corrected chi connectivity index (χ3v) is 5.61. The average molecular weight is 441 g/mol. The Morgan fingerprint density at radius 3 is 2.21 bits per heavy atom. The van der Waals surface area contributed by atoms with Crippen LogP contribution in [0.1, 0.15) is 22.0 Å². The lowest BCUT2D eigenvalue weighted by Gasteiger charge is -2.25. The first-order chi connectivity index (χ1) is 16.1. The van der Waals surface area contributed by atoms with Crippen molar-refractivity contribution in [2.75, 3.05) is 27.7 Å². The van der Waals surface area contributed by atoms with Crippen molar-refractivity contribution in [3.8, 4) is 22.7 Å². The molecule has 0 spiro atoms. The van der Waals surface area contributed by atoms with Crippen LogP contribution >= 0.6 is 0 Å². The second-order valence-corrected chi connectivity index (χ2v) is 8.00. The van der Waals surface area contributed by atoms with Gasteiger partial charge in [0.2, 0.25) is 0 Å². The van der Waals surface area contributed by atoms with Crippen LogP contribution in [-0.4, -0.2) is 48.3 Å². The molecule has 4 aromatic rings. The van der Waals surface area contributed by atoms with E-state index in [-0.39, 0.29) is 11.9 Å². The lowest BCUT2D eigenvalue weighted by molar-refractivity contribution is 0.0942. The van der Waals surface area contributed by atoms with Crippen molar-refractivity contribution in [2.45, 2.75) is 6.04 Å². The van der Waals surface area contributed by atoms with Gasteiger partial charge in [0, 0.05) is 18.3 Å². The van der Waals surface area contributed by atoms with E-state index in [0.29, 0.717) is 17.8 Å². The molecule has 6 nitrogen and oxygen atoms in total. The van der Waals surface area contributed by atoms with Crippen molar-refractivity contribution >= 4 is 5.91 Å². The number of ether oxygens (including phenoxy) is 1. The number of benzene rings is 3. The molecule has 168 valence electrons. The lowest BCUT2D eigenvalue weighted by Crippen LogP contribution is -2.34. The molecule has 0 saturated carbocycles. The minimum atomic E-state index is -0.156. The summed E-state index contributed by atoms with van der Waals surface area (Å²) in [4.78, 5) is 15.4. The predicted molar refractivity (Wildman–Crippen MR) is 131 cm³/mol. The number of rotatable bonds is 8. The Kier molecular flexibility index (Phi) is 6.86. The predicted octanol–water partition coefficient (Wildman–Crippen LogP) is 4.58. The molecule has 1 heterocycles. The van der Waals surface area contributed by atoms with Crippen LogP contribution in [0, 0.1) is 0 Å². The maximum atomic E-state index is 13.3. The highest BCUT2D eigenvalue weighted by Crippen LogP contribution is 2.25. The van der Waals surface area contributed by atoms with Crippen molar-refractivity contribution in [2.24, 2.45) is 0 Å². The second-order valence-electron chi connectivity index (χ2n) is 8.00. The molecule has 0 radical (unpaired) electrons. The van der Waals surface area contributed by atoms with Gasteiger partial charge in [-0.3, -0.25) is 4.79 Å². The van der Waals surface area contributed by atoms with Crippen LogP contribution in [0.2, 0.25) is 0 Å². The van der Waals surface area contributed by atoms with Gasteiger partial charge in [0.1, 0.15) is 11.4 Å². The Morgan fingerprint density at radius 1 is 0.970 bits per heavy atom. The molecule has 1 amide bonds. The van der Waals surface area contributed by atoms with Gasteiger partial charge >= 0.3 is 0 Å². The van der Waals surface area contributed by atoms with Gasteiger partial charge in [0.15, 0.2) is 0 Å². The minimum Gasteiger partial charge on any atom is -0.497 e. The number of hydrogen-bond acceptors (Lipinski definition) is 4. The largest absolute Gasteiger partial charge is 0.497 e. The number of likely N-dealkylation sites (N-methyl/N-ethyl adjacent to an activating group) is 1. The van der Waals surface area contributed by atoms with Gasteiger partial charge in [-0.05, 0) is 43.9 Å². The Hall–Kier alpha value is -3.90. The van der Waals surface area contributed by atoms with Crippen molar-refractivity contribution in [1.29, 1.82) is 0 Å². The summed E-state index contributed by atoms with van der Waals surface area (Å²) >= 11 is 0. The van der Waals surface area contributed by atoms with Crippen molar-refractivity contribution in [3.63, 3.8) is 0 Å². The van der Waals surface area contributed by atoms with Gasteiger partial charge in [0.25, 0.3) is 5.91 Å². The molecule has 0 aliphatic heterocycles. The molecule has 4 rings (SSSR count). The summed E-state index contributed by atoms with van der Waals surface area (Å²) in [5.74, 6) is 0.650. The molecular formula is C27H28N4O2. The minimum absolute atomic E-state index is 0.0178. The first kappa shape index (κ1) is 22.3. The van der Waals surface area contributed by atoms with Gasteiger partial charge in [-0.15, -0.1) is 0 Å². The SMILES string of the molecule is COc1ccc(C(CNC(=O)c2cn(-c3ccccc3)nc2-c2ccccc2)N(C)C)cc1. The number of methoxy groups -OCH3 is 1. The molecule has 0 bridgehead atoms. The molecule has 1 atom stereocenters. The number of carbonyl (C=O) groups excluding carboxylic acids is 1. The van der Waals surface area contributed by atoms with Crippen LogP contribution < -0.4 is 10.1 Å². The normalized spacial score (nSPS) is 11.9. The monoisotopic (exact) mass is 440 g/mol. The number of amides is 1. The van der Waals surface area contributed by atoms with Crippen molar-refractivity contribution < 1.29 is 9.53 Å². The smallest absolute Gasteiger partial charge is 0.255 e. The van der Waals surface area contributed by atoms with Crippen LogP contribution in [0.3, 0.4) is 0 Å². The molecule has 0 saturated heterocycles. The maximum Gasteiger partial charge on any atom is 0.255 e. The molecule has 1 aromatic heterocycles. The summed E-state index contributed by atoms with van der Waals surface area (Å²) < 4.78 is 7.02. The third kappa shape index (κ3) is 5.13. The molecule has 1 N–H and O–H groups in total. The number of carbonyl (C=O) groups is 1. The second kappa shape index (κ2) is 10.1. The van der Waals surface area contributed by atoms with Gasteiger partial charge in [-0.1, -0.05) is 60.7 Å². The van der Waals surface area contributed by atoms with Crippen LogP contribution in [0.4, 0.5) is 0 Å². The lowest BCUT2D eigenvalue weighted by atomic mass is 10.0. The van der Waals surface area contributed by atoms with E-state index in [9.17, 15) is 4.79 Å².